The minimum Gasteiger partial charge on any atom is -0.365 e. The zero-order valence-electron chi connectivity index (χ0n) is 14.1. The van der Waals surface area contributed by atoms with Gasteiger partial charge in [0, 0.05) is 24.0 Å². The third-order valence-electron chi connectivity index (χ3n) is 4.05. The molecule has 25 heavy (non-hydrogen) atoms. The second-order valence-corrected chi connectivity index (χ2v) is 6.31. The lowest BCUT2D eigenvalue weighted by molar-refractivity contribution is 0.849. The molecule has 3 rings (SSSR count). The molecule has 0 unspecified atom stereocenters. The molecule has 1 aromatic heterocycles. The van der Waals surface area contributed by atoms with Crippen molar-refractivity contribution in [3.05, 3.63) is 87.4 Å². The summed E-state index contributed by atoms with van der Waals surface area (Å²) in [5, 5.41) is 3.78. The summed E-state index contributed by atoms with van der Waals surface area (Å²) in [6, 6.07) is 15.9. The zero-order valence-corrected chi connectivity index (χ0v) is 14.8. The molecule has 0 aliphatic heterocycles. The molecule has 0 aliphatic rings. The van der Waals surface area contributed by atoms with Crippen LogP contribution in [-0.4, -0.2) is 16.1 Å². The molecule has 0 radical (unpaired) electrons. The Balaban J connectivity index is 1.68. The van der Waals surface area contributed by atoms with Crippen LogP contribution >= 0.6 is 11.6 Å². The summed E-state index contributed by atoms with van der Waals surface area (Å²) < 4.78 is 1.55. The maximum absolute atomic E-state index is 12.6. The van der Waals surface area contributed by atoms with Gasteiger partial charge in [-0.25, -0.2) is 4.98 Å². The minimum atomic E-state index is -0.179. The second kappa shape index (κ2) is 7.99. The molecule has 0 saturated heterocycles. The summed E-state index contributed by atoms with van der Waals surface area (Å²) >= 11 is 6.17. The van der Waals surface area contributed by atoms with Gasteiger partial charge in [0.25, 0.3) is 5.56 Å². The van der Waals surface area contributed by atoms with Crippen LogP contribution in [0.3, 0.4) is 0 Å². The third kappa shape index (κ3) is 4.28. The molecular formula is C20H20ClN3O. The smallest absolute Gasteiger partial charge is 0.297 e. The Hall–Kier alpha value is -2.59. The lowest BCUT2D eigenvalue weighted by atomic mass is 10.1. The van der Waals surface area contributed by atoms with E-state index in [2.05, 4.69) is 22.4 Å². The zero-order chi connectivity index (χ0) is 17.6. The number of nitrogens with zero attached hydrogens (tertiary/aromatic N) is 2. The van der Waals surface area contributed by atoms with E-state index in [0.717, 1.165) is 24.1 Å². The van der Waals surface area contributed by atoms with Crippen molar-refractivity contribution in [2.45, 2.75) is 19.8 Å². The lowest BCUT2D eigenvalue weighted by Gasteiger charge is -2.10. The molecule has 0 amide bonds. The normalized spacial score (nSPS) is 10.6. The number of benzene rings is 2. The molecule has 3 aromatic rings. The van der Waals surface area contributed by atoms with Crippen LogP contribution in [0.5, 0.6) is 0 Å². The van der Waals surface area contributed by atoms with Crippen LogP contribution in [0.15, 0.2) is 65.7 Å². The molecule has 0 bridgehead atoms. The molecule has 4 nitrogen and oxygen atoms in total. The molecule has 2 aromatic carbocycles. The fraction of sp³-hybridized carbons (Fsp3) is 0.200. The molecule has 0 aliphatic carbocycles. The van der Waals surface area contributed by atoms with Crippen molar-refractivity contribution < 1.29 is 0 Å². The number of halogens is 1. The maximum atomic E-state index is 12.6. The first-order chi connectivity index (χ1) is 12.1. The molecule has 0 fully saturated rings. The van der Waals surface area contributed by atoms with Crippen LogP contribution in [0.25, 0.3) is 5.69 Å². The summed E-state index contributed by atoms with van der Waals surface area (Å²) in [7, 11) is 0. The number of hydrogen-bond acceptors (Lipinski definition) is 3. The standard InChI is InChI=1S/C20H20ClN3O/c1-15-9-10-17(14-18(15)21)24-13-12-23-19(20(24)25)22-11-5-8-16-6-3-2-4-7-16/h2-4,6-7,9-10,12-14H,5,8,11H2,1H3,(H,22,23). The van der Waals surface area contributed by atoms with Crippen molar-refractivity contribution >= 4 is 17.4 Å². The van der Waals surface area contributed by atoms with Crippen molar-refractivity contribution in [3.8, 4) is 5.69 Å². The van der Waals surface area contributed by atoms with Gasteiger partial charge in [-0.2, -0.15) is 0 Å². The fourth-order valence-electron chi connectivity index (χ4n) is 2.61. The van der Waals surface area contributed by atoms with Gasteiger partial charge >= 0.3 is 0 Å². The van der Waals surface area contributed by atoms with E-state index in [9.17, 15) is 4.79 Å². The van der Waals surface area contributed by atoms with Gasteiger partial charge in [0.15, 0.2) is 5.82 Å². The molecule has 0 saturated carbocycles. The Morgan fingerprint density at radius 1 is 1.16 bits per heavy atom. The highest BCUT2D eigenvalue weighted by molar-refractivity contribution is 6.31. The number of rotatable bonds is 6. The van der Waals surface area contributed by atoms with Gasteiger partial charge in [-0.05, 0) is 43.0 Å². The van der Waals surface area contributed by atoms with Crippen LogP contribution in [-0.2, 0) is 6.42 Å². The van der Waals surface area contributed by atoms with Gasteiger partial charge in [-0.3, -0.25) is 9.36 Å². The predicted octanol–water partition coefficient (Wildman–Crippen LogP) is 4.24. The van der Waals surface area contributed by atoms with E-state index in [0.29, 0.717) is 17.4 Å². The van der Waals surface area contributed by atoms with E-state index < -0.39 is 0 Å². The monoisotopic (exact) mass is 353 g/mol. The van der Waals surface area contributed by atoms with Crippen LogP contribution in [0.2, 0.25) is 5.02 Å². The molecule has 0 atom stereocenters. The van der Waals surface area contributed by atoms with Gasteiger partial charge in [-0.1, -0.05) is 48.0 Å². The molecule has 128 valence electrons. The van der Waals surface area contributed by atoms with Crippen molar-refractivity contribution in [2.75, 3.05) is 11.9 Å². The summed E-state index contributed by atoms with van der Waals surface area (Å²) in [6.07, 6.45) is 5.16. The van der Waals surface area contributed by atoms with E-state index in [1.807, 2.05) is 37.3 Å². The highest BCUT2D eigenvalue weighted by Gasteiger charge is 2.07. The van der Waals surface area contributed by atoms with E-state index >= 15 is 0 Å². The van der Waals surface area contributed by atoms with Gasteiger partial charge in [0.2, 0.25) is 0 Å². The Kier molecular flexibility index (Phi) is 5.51. The molecule has 5 heteroatoms. The van der Waals surface area contributed by atoms with Gasteiger partial charge < -0.3 is 5.32 Å². The first kappa shape index (κ1) is 17.2. The summed E-state index contributed by atoms with van der Waals surface area (Å²) in [6.45, 7) is 2.62. The minimum absolute atomic E-state index is 0.179. The van der Waals surface area contributed by atoms with Gasteiger partial charge in [0.05, 0.1) is 5.69 Å². The maximum Gasteiger partial charge on any atom is 0.297 e. The number of anilines is 1. The SMILES string of the molecule is Cc1ccc(-n2ccnc(NCCCc3ccccc3)c2=O)cc1Cl. The number of hydrogen-bond donors (Lipinski definition) is 1. The van der Waals surface area contributed by atoms with Crippen molar-refractivity contribution in [3.63, 3.8) is 0 Å². The van der Waals surface area contributed by atoms with Crippen molar-refractivity contribution in [2.24, 2.45) is 0 Å². The van der Waals surface area contributed by atoms with Crippen LogP contribution in [0.4, 0.5) is 5.82 Å². The highest BCUT2D eigenvalue weighted by Crippen LogP contribution is 2.18. The lowest BCUT2D eigenvalue weighted by Crippen LogP contribution is -2.23. The van der Waals surface area contributed by atoms with Crippen LogP contribution < -0.4 is 10.9 Å². The van der Waals surface area contributed by atoms with Gasteiger partial charge in [0.1, 0.15) is 0 Å². The third-order valence-corrected chi connectivity index (χ3v) is 4.46. The Bertz CT molecular complexity index is 906. The molecular weight excluding hydrogens is 334 g/mol. The topological polar surface area (TPSA) is 46.9 Å². The van der Waals surface area contributed by atoms with Crippen molar-refractivity contribution in [1.82, 2.24) is 9.55 Å². The first-order valence-corrected chi connectivity index (χ1v) is 8.65. The fourth-order valence-corrected chi connectivity index (χ4v) is 2.79. The van der Waals surface area contributed by atoms with E-state index in [-0.39, 0.29) is 5.56 Å². The Labute approximate surface area is 152 Å². The highest BCUT2D eigenvalue weighted by atomic mass is 35.5. The summed E-state index contributed by atoms with van der Waals surface area (Å²) in [5.41, 5.74) is 2.82. The van der Waals surface area contributed by atoms with Crippen molar-refractivity contribution in [1.29, 1.82) is 0 Å². The average molecular weight is 354 g/mol. The van der Waals surface area contributed by atoms with Crippen LogP contribution in [0.1, 0.15) is 17.5 Å². The second-order valence-electron chi connectivity index (χ2n) is 5.90. The Morgan fingerprint density at radius 2 is 1.96 bits per heavy atom. The largest absolute Gasteiger partial charge is 0.365 e. The summed E-state index contributed by atoms with van der Waals surface area (Å²) in [5.74, 6) is 0.354. The number of aromatic nitrogens is 2. The quantitative estimate of drug-likeness (QED) is 0.674. The van der Waals surface area contributed by atoms with E-state index in [1.54, 1.807) is 23.0 Å². The number of aryl methyl sites for hydroxylation is 2. The predicted molar refractivity (Wildman–Crippen MR) is 103 cm³/mol. The van der Waals surface area contributed by atoms with Crippen LogP contribution in [0, 0.1) is 6.92 Å². The molecule has 0 spiro atoms. The van der Waals surface area contributed by atoms with E-state index in [1.165, 1.54) is 5.56 Å². The Morgan fingerprint density at radius 3 is 2.72 bits per heavy atom. The summed E-state index contributed by atoms with van der Waals surface area (Å²) in [4.78, 5) is 16.8. The average Bonchev–Trinajstić information content (AvgIpc) is 2.63. The number of nitrogens with one attached hydrogen (secondary N) is 1. The molecule has 1 heterocycles. The molecule has 1 N–H and O–H groups in total. The first-order valence-electron chi connectivity index (χ1n) is 8.27. The van der Waals surface area contributed by atoms with Gasteiger partial charge in [-0.15, -0.1) is 0 Å². The van der Waals surface area contributed by atoms with E-state index in [4.69, 9.17) is 11.6 Å².